The molecule has 6 amide bonds. The summed E-state index contributed by atoms with van der Waals surface area (Å²) in [6.45, 7) is 6.93. The van der Waals surface area contributed by atoms with Crippen LogP contribution in [0.4, 0.5) is 0 Å². The van der Waals surface area contributed by atoms with Crippen molar-refractivity contribution in [3.05, 3.63) is 289 Å². The first-order valence-electron chi connectivity index (χ1n) is 37.8. The molecule has 0 saturated heterocycles. The Morgan fingerprint density at radius 1 is 0.315 bits per heavy atom. The molecule has 4 N–H and O–H groups in total. The van der Waals surface area contributed by atoms with Crippen molar-refractivity contribution >= 4 is 47.0 Å². The van der Waals surface area contributed by atoms with E-state index in [1.807, 2.05) is 152 Å². The Hall–Kier alpha value is -11.9. The lowest BCUT2D eigenvalue weighted by molar-refractivity contribution is 0.0714. The van der Waals surface area contributed by atoms with Crippen LogP contribution in [0.3, 0.4) is 0 Å². The van der Waals surface area contributed by atoms with Gasteiger partial charge >= 0.3 is 0 Å². The van der Waals surface area contributed by atoms with Gasteiger partial charge in [0.1, 0.15) is 38.8 Å². The molecule has 0 unspecified atom stereocenters. The topological polar surface area (TPSA) is 256 Å². The molecule has 2 heterocycles. The summed E-state index contributed by atoms with van der Waals surface area (Å²) < 4.78 is 43.6. The van der Waals surface area contributed by atoms with Crippen LogP contribution in [0.5, 0.6) is 28.7 Å². The van der Waals surface area contributed by atoms with E-state index in [2.05, 4.69) is 21.3 Å². The lowest BCUT2D eigenvalue weighted by Crippen LogP contribution is -2.37. The Balaban J connectivity index is 1.02. The molecule has 111 heavy (non-hydrogen) atoms. The number of carbonyl (C=O) groups excluding carboxylic acids is 8. The van der Waals surface area contributed by atoms with E-state index in [1.165, 1.54) is 12.1 Å². The Bertz CT molecular complexity index is 4640. The first kappa shape index (κ1) is 81.6. The van der Waals surface area contributed by atoms with Gasteiger partial charge in [-0.25, -0.2) is 0 Å². The summed E-state index contributed by atoms with van der Waals surface area (Å²) in [6, 6.07) is 59.8. The third-order valence-corrected chi connectivity index (χ3v) is 19.2. The fourth-order valence-electron chi connectivity index (χ4n) is 13.0. The first-order valence-corrected chi connectivity index (χ1v) is 37.8. The Labute approximate surface area is 649 Å². The minimum atomic E-state index is -0.561. The van der Waals surface area contributed by atoms with E-state index < -0.39 is 29.5 Å². The number of hydrogen-bond acceptors (Lipinski definition) is 15. The van der Waals surface area contributed by atoms with Crippen LogP contribution < -0.4 is 45.0 Å². The third kappa shape index (κ3) is 22.8. The summed E-state index contributed by atoms with van der Waals surface area (Å²) >= 11 is 0. The second kappa shape index (κ2) is 42.1. The second-order valence-corrected chi connectivity index (χ2v) is 27.1. The molecule has 9 aromatic carbocycles. The molecule has 21 heteroatoms. The van der Waals surface area contributed by atoms with Crippen molar-refractivity contribution in [3.8, 4) is 28.7 Å². The number of hydrogen-bond donors (Lipinski definition) is 4. The van der Waals surface area contributed by atoms with Crippen LogP contribution in [0.1, 0.15) is 179 Å². The van der Waals surface area contributed by atoms with Crippen LogP contribution in [0.2, 0.25) is 0 Å². The minimum Gasteiger partial charge on any atom is -0.488 e. The van der Waals surface area contributed by atoms with E-state index in [9.17, 15) is 28.8 Å². The molecule has 0 spiro atoms. The van der Waals surface area contributed by atoms with E-state index in [0.29, 0.717) is 77.8 Å². The lowest BCUT2D eigenvalue weighted by atomic mass is 9.97. The van der Waals surface area contributed by atoms with Crippen molar-refractivity contribution in [1.82, 2.24) is 31.1 Å². The van der Waals surface area contributed by atoms with Gasteiger partial charge in [0.15, 0.2) is 34.6 Å². The zero-order valence-corrected chi connectivity index (χ0v) is 63.8. The average Bonchev–Trinajstić information content (AvgIpc) is 0.765. The maximum atomic E-state index is 15.9. The van der Waals surface area contributed by atoms with Crippen molar-refractivity contribution in [2.75, 3.05) is 79.8 Å². The van der Waals surface area contributed by atoms with Gasteiger partial charge in [-0.05, 0) is 147 Å². The molecule has 21 nitrogen and oxygen atoms in total. The number of ketones is 2. The molecule has 0 atom stereocenters. The van der Waals surface area contributed by atoms with Gasteiger partial charge in [-0.3, -0.25) is 38.4 Å². The van der Waals surface area contributed by atoms with Crippen molar-refractivity contribution in [3.63, 3.8) is 0 Å². The number of amides is 6. The molecule has 0 radical (unpaired) electrons. The van der Waals surface area contributed by atoms with Crippen LogP contribution in [0.25, 0.3) is 0 Å². The smallest absolute Gasteiger partial charge is 0.257 e. The molecular formula is C90H98N6O15. The first-order chi connectivity index (χ1) is 54.1. The molecule has 0 aromatic heterocycles. The summed E-state index contributed by atoms with van der Waals surface area (Å²) in [5.41, 5.74) is 7.42. The molecule has 9 aromatic rings. The number of Topliss-reactive ketones (excluding diaryl/α,β-unsaturated/α-hetero) is 2. The number of fused-ring (bicyclic) bond motifs is 22. The summed E-state index contributed by atoms with van der Waals surface area (Å²) in [7, 11) is 3.15. The van der Waals surface area contributed by atoms with Gasteiger partial charge in [-0.2, -0.15) is 0 Å². The average molecular weight is 1500 g/mol. The number of nitrogens with one attached hydrogen (secondary N) is 4. The number of ether oxygens (including phenoxy) is 7. The maximum absolute atomic E-state index is 15.9. The molecule has 0 fully saturated rings. The molecule has 0 saturated carbocycles. The summed E-state index contributed by atoms with van der Waals surface area (Å²) in [5, 5.41) is 11.9. The summed E-state index contributed by atoms with van der Waals surface area (Å²) in [4.78, 5) is 121. The molecular weight excluding hydrogens is 1410 g/mol. The third-order valence-electron chi connectivity index (χ3n) is 19.2. The van der Waals surface area contributed by atoms with Crippen LogP contribution >= 0.6 is 0 Å². The lowest BCUT2D eigenvalue weighted by Gasteiger charge is -2.27. The predicted octanol–water partition coefficient (Wildman–Crippen LogP) is 14.2. The Kier molecular flexibility index (Phi) is 31.0. The Morgan fingerprint density at radius 3 is 0.982 bits per heavy atom. The quantitative estimate of drug-likeness (QED) is 0.0276. The van der Waals surface area contributed by atoms with E-state index >= 15 is 9.59 Å². The molecule has 11 rings (SSSR count). The van der Waals surface area contributed by atoms with Crippen molar-refractivity contribution < 1.29 is 71.5 Å². The predicted molar refractivity (Wildman–Crippen MR) is 424 cm³/mol. The van der Waals surface area contributed by atoms with Gasteiger partial charge in [-0.15, -0.1) is 0 Å². The molecule has 4 bridgehead atoms. The van der Waals surface area contributed by atoms with E-state index in [1.54, 1.807) is 81.2 Å². The van der Waals surface area contributed by atoms with E-state index in [0.717, 1.165) is 27.8 Å². The van der Waals surface area contributed by atoms with Crippen molar-refractivity contribution in [1.29, 1.82) is 0 Å². The monoisotopic (exact) mass is 1500 g/mol. The SMILES string of the molecule is COCCCC(=O)c1ccc(C(=O)N2CCCCN(C(=O)c3ccc(C(=O)CCCOC)c(OCc4ccccc4)c3OCc3ccccc3)CCCNC(=O)c3ccc(c(C)c3C)C(=O)NCCNC(=O)c3ccc(c(OCc4ccccc4)c3OCc3ccccc3)C(=O)NCCC2)c(C)c1OCc1ccccc1. The van der Waals surface area contributed by atoms with Gasteiger partial charge in [0.05, 0.1) is 27.8 Å². The van der Waals surface area contributed by atoms with Gasteiger partial charge in [-0.1, -0.05) is 152 Å². The highest BCUT2D eigenvalue weighted by molar-refractivity contribution is 6.06. The van der Waals surface area contributed by atoms with Crippen LogP contribution in [-0.4, -0.2) is 137 Å². The van der Waals surface area contributed by atoms with Crippen LogP contribution in [0.15, 0.2) is 200 Å². The zero-order chi connectivity index (χ0) is 78.3. The van der Waals surface area contributed by atoms with Gasteiger partial charge in [0.25, 0.3) is 35.4 Å². The largest absolute Gasteiger partial charge is 0.488 e. The van der Waals surface area contributed by atoms with Gasteiger partial charge in [0.2, 0.25) is 0 Å². The van der Waals surface area contributed by atoms with Crippen LogP contribution in [0, 0.1) is 20.8 Å². The zero-order valence-electron chi connectivity index (χ0n) is 63.8. The number of methoxy groups -OCH3 is 2. The summed E-state index contributed by atoms with van der Waals surface area (Å²) in [6.07, 6.45) is 2.43. The van der Waals surface area contributed by atoms with E-state index in [-0.39, 0.29) is 180 Å². The molecule has 2 aliphatic rings. The van der Waals surface area contributed by atoms with E-state index in [4.69, 9.17) is 33.2 Å². The molecule has 0 aliphatic carbocycles. The molecule has 2 aliphatic heterocycles. The maximum Gasteiger partial charge on any atom is 0.257 e. The number of rotatable bonds is 27. The highest BCUT2D eigenvalue weighted by Gasteiger charge is 2.31. The number of benzene rings is 9. The number of nitrogens with zero attached hydrogens (tertiary/aromatic N) is 2. The fourth-order valence-corrected chi connectivity index (χ4v) is 13.0. The van der Waals surface area contributed by atoms with Gasteiger partial charge in [0, 0.05) is 115 Å². The fraction of sp³-hybridized carbons (Fsp3) is 0.311. The van der Waals surface area contributed by atoms with Crippen molar-refractivity contribution in [2.45, 2.75) is 105 Å². The van der Waals surface area contributed by atoms with Crippen molar-refractivity contribution in [2.24, 2.45) is 0 Å². The second-order valence-electron chi connectivity index (χ2n) is 27.1. The normalized spacial score (nSPS) is 13.6. The van der Waals surface area contributed by atoms with Crippen LogP contribution in [-0.2, 0) is 42.5 Å². The highest BCUT2D eigenvalue weighted by Crippen LogP contribution is 2.40. The Morgan fingerprint density at radius 2 is 0.604 bits per heavy atom. The highest BCUT2D eigenvalue weighted by atomic mass is 16.5. The van der Waals surface area contributed by atoms with Gasteiger partial charge < -0.3 is 64.2 Å². The minimum absolute atomic E-state index is 0.000874. The molecule has 578 valence electrons. The number of carbonyl (C=O) groups is 8. The standard InChI is InChI=1S/C90H98N6O15/c1-62-63(2)71-40-39-70(62)85(99)91-47-25-54-96(90(104)77-46-43-74(79(98)38-24-56-106-5)81(108-58-66-29-13-7-14-30-66)84(77)111-61-69-35-19-10-20-36-69)52-22-21-51-95(89(103)72-41-42-73(78(97)37-23-55-105-4)80(64(72)3)107-57-65-27-11-6-12-28-65)53-26-48-92-87(101)75-44-45-76(88(102)94-50-49-93-86(71)100)83(110-60-68-33-17-9-18-34-68)82(75)109-59-67-31-15-8-16-32-67/h6-20,27-36,39-46H,21-26,37-38,47-61H2,1-5H3,(H,91,99)(H,92,101)(H,93,100)(H,94,102). The summed E-state index contributed by atoms with van der Waals surface area (Å²) in [5.74, 6) is -2.67.